The molecule has 2 atom stereocenters. The highest BCUT2D eigenvalue weighted by Crippen LogP contribution is 2.37. The van der Waals surface area contributed by atoms with E-state index in [-0.39, 0.29) is 41.9 Å². The lowest BCUT2D eigenvalue weighted by molar-refractivity contribution is 0.112. The molecule has 5 aromatic heterocycles. The maximum Gasteiger partial charge on any atom is 0.323 e. The summed E-state index contributed by atoms with van der Waals surface area (Å²) >= 11 is 0. The number of amides is 8. The molecule has 3 fully saturated rings. The summed E-state index contributed by atoms with van der Waals surface area (Å²) in [6, 6.07) is 55.4. The number of piperidine rings is 1. The second-order valence-electron chi connectivity index (χ2n) is 29.3. The van der Waals surface area contributed by atoms with Crippen molar-refractivity contribution in [2.45, 2.75) is 72.4 Å². The summed E-state index contributed by atoms with van der Waals surface area (Å²) in [6.45, 7) is 15.7. The number of H-pyrrole nitrogens is 4. The average Bonchev–Trinajstić information content (AvgIpc) is 1.53. The summed E-state index contributed by atoms with van der Waals surface area (Å²) in [5.74, 6) is 2.97. The Kier molecular flexibility index (Phi) is 25.5. The molecule has 8 heterocycles. The van der Waals surface area contributed by atoms with Gasteiger partial charge in [-0.15, -0.1) is 0 Å². The van der Waals surface area contributed by atoms with Crippen molar-refractivity contribution in [3.63, 3.8) is 0 Å². The lowest BCUT2D eigenvalue weighted by Crippen LogP contribution is -2.50. The van der Waals surface area contributed by atoms with E-state index < -0.39 is 0 Å². The molecule has 3 aliphatic rings. The van der Waals surface area contributed by atoms with E-state index in [1.807, 2.05) is 99.4 Å². The second-order valence-corrected chi connectivity index (χ2v) is 29.3. The number of benzene rings is 9. The molecule has 17 rings (SSSR count). The molecule has 604 valence electrons. The van der Waals surface area contributed by atoms with Gasteiger partial charge in [0.1, 0.15) is 23.1 Å². The number of halogens is 2. The monoisotopic (exact) mass is 1590 g/mol. The lowest BCUT2D eigenvalue weighted by atomic mass is 10.0. The third-order valence-electron chi connectivity index (χ3n) is 21.2. The number of imidazole rings is 1. The molecule has 0 spiro atoms. The number of methoxy groups -OCH3 is 2. The summed E-state index contributed by atoms with van der Waals surface area (Å²) in [5.41, 5.74) is 16.0. The fourth-order valence-corrected chi connectivity index (χ4v) is 14.7. The number of carbonyl (C=O) groups excluding carboxylic acids is 4. The molecule has 118 heavy (non-hydrogen) atoms. The number of urea groups is 4. The van der Waals surface area contributed by atoms with Gasteiger partial charge in [-0.1, -0.05) is 85.3 Å². The topological polar surface area (TPSA) is 334 Å². The van der Waals surface area contributed by atoms with Crippen LogP contribution in [0.4, 0.5) is 56.9 Å². The van der Waals surface area contributed by atoms with Crippen LogP contribution >= 0.6 is 0 Å². The molecular formula is C89H92F2N20O7. The number of hydrogen-bond acceptors (Lipinski definition) is 14. The smallest absolute Gasteiger partial charge is 0.323 e. The van der Waals surface area contributed by atoms with Gasteiger partial charge in [-0.3, -0.25) is 41.7 Å². The Morgan fingerprint density at radius 3 is 1.59 bits per heavy atom. The number of likely N-dealkylation sites (tertiary alicyclic amines) is 1. The first kappa shape index (κ1) is 80.5. The molecule has 0 bridgehead atoms. The van der Waals surface area contributed by atoms with Crippen LogP contribution in [0.2, 0.25) is 0 Å². The number of aromatic nitrogens is 10. The first-order valence-corrected chi connectivity index (χ1v) is 39.2. The number of hydrogen-bond donors (Lipinski definition) is 10. The molecule has 2 unspecified atom stereocenters. The Morgan fingerprint density at radius 2 is 1.07 bits per heavy atom. The van der Waals surface area contributed by atoms with Crippen LogP contribution in [0.25, 0.3) is 88.1 Å². The molecule has 14 aromatic rings. The van der Waals surface area contributed by atoms with Gasteiger partial charge in [0.2, 0.25) is 0 Å². The molecule has 27 nitrogen and oxygen atoms in total. The first-order chi connectivity index (χ1) is 57.4. The fraction of sp³-hybridized carbons (Fsp3) is 0.258. The molecule has 3 saturated heterocycles. The van der Waals surface area contributed by atoms with E-state index in [9.17, 15) is 28.0 Å². The number of nitrogens with one attached hydrogen (secondary N) is 10. The zero-order chi connectivity index (χ0) is 82.2. The van der Waals surface area contributed by atoms with E-state index in [1.54, 1.807) is 44.9 Å². The minimum atomic E-state index is -0.345. The standard InChI is InChI=1S/C27H29N5O.C21H21FN6O2.C21H21N5O.C20H21FN4O3/c1-18-6-4-8-21(16-18)22-10-11-23-24(17-22)29-30-26(23)28-27(33)32-14-12-31(13-15-32)25-9-5-7-19(2)20(25)3;1-30-19-6-4-15(22)12-17(19)14-3-5-16-18(11-14)26-27-20(16)25-21(29)24-7-2-9-28-10-8-23-13-28;1-14-4-3-9-26(13-14)21(27)23-20-18-8-7-17(11-19(18)24-25-20)16-6-2-5-15(10-16)12-22;1-27-18-7-5-13(21)10-16(18)12-4-6-15-17(9-12)24-25-19(15)23-20(26)22-11-14-3-2-8-28-14/h4-11,16-17H,12-15H2,1-3H3,(H2,28,29,30,33);3-6,8,10-13H,2,7,9H2,1H3,(H3,24,25,26,27,29);2,5-8,10-11,14H,3-4,9,13H2,1H3,(H2,23,24,25,27);4-7,9-10,14H,2-3,8,11H2,1H3,(H3,22,23,24,25,26). The van der Waals surface area contributed by atoms with Gasteiger partial charge in [-0.05, 0) is 206 Å². The first-order valence-electron chi connectivity index (χ1n) is 39.2. The Morgan fingerprint density at radius 1 is 0.551 bits per heavy atom. The molecule has 8 amide bonds. The minimum absolute atomic E-state index is 0.0745. The number of carbonyl (C=O) groups is 4. The van der Waals surface area contributed by atoms with E-state index in [0.29, 0.717) is 89.1 Å². The number of anilines is 5. The van der Waals surface area contributed by atoms with Gasteiger partial charge in [0.25, 0.3) is 0 Å². The number of piperazine rings is 1. The normalized spacial score (nSPS) is 14.4. The minimum Gasteiger partial charge on any atom is -0.496 e. The van der Waals surface area contributed by atoms with Crippen LogP contribution in [0.15, 0.2) is 195 Å². The molecule has 0 saturated carbocycles. The molecule has 0 radical (unpaired) electrons. The number of rotatable bonds is 17. The largest absolute Gasteiger partial charge is 0.496 e. The van der Waals surface area contributed by atoms with Crippen LogP contribution in [0, 0.1) is 49.7 Å². The van der Waals surface area contributed by atoms with Crippen LogP contribution < -0.4 is 46.3 Å². The van der Waals surface area contributed by atoms with Gasteiger partial charge in [0, 0.05) is 116 Å². The summed E-state index contributed by atoms with van der Waals surface area (Å²) < 4.78 is 45.5. The number of aryl methyl sites for hydroxylation is 3. The van der Waals surface area contributed by atoms with Gasteiger partial charge in [0.05, 0.1) is 60.4 Å². The molecule has 29 heteroatoms. The molecule has 10 N–H and O–H groups in total. The van der Waals surface area contributed by atoms with E-state index in [0.717, 1.165) is 131 Å². The number of fused-ring (bicyclic) bond motifs is 4. The zero-order valence-electron chi connectivity index (χ0n) is 66.3. The number of nitrogens with zero attached hydrogens (tertiary/aromatic N) is 10. The quantitative estimate of drug-likeness (QED) is 0.0379. The lowest BCUT2D eigenvalue weighted by Gasteiger charge is -2.36. The Balaban J connectivity index is 0.000000130. The summed E-state index contributed by atoms with van der Waals surface area (Å²) in [6.07, 6.45) is 10.4. The SMILES string of the molecule is CC1CCCN(C(=O)Nc2n[nH]c3cc(-c4cccc(C#N)c4)ccc23)C1.COc1ccc(F)cc1-c1ccc2c(NC(=O)NCC3CCCO3)n[nH]c2c1.COc1ccc(F)cc1-c1ccc2c(NC(=O)NCCCn3ccnc3)n[nH]c2c1.Cc1cccc(-c2ccc3c(NC(=O)N4CCN(c5cccc(C)c5C)CC4)n[nH]c3c2)c1. The molecular weight excluding hydrogens is 1500 g/mol. The molecule has 3 aliphatic heterocycles. The van der Waals surface area contributed by atoms with Crippen LogP contribution in [-0.4, -0.2) is 164 Å². The Bertz CT molecular complexity index is 5940. The number of aromatic amines is 4. The Hall–Kier alpha value is -14.1. The van der Waals surface area contributed by atoms with Crippen molar-refractivity contribution in [3.05, 3.63) is 229 Å². The highest BCUT2D eigenvalue weighted by Gasteiger charge is 2.26. The van der Waals surface area contributed by atoms with Crippen molar-refractivity contribution in [3.8, 4) is 62.1 Å². The van der Waals surface area contributed by atoms with Crippen molar-refractivity contribution in [1.29, 1.82) is 5.26 Å². The van der Waals surface area contributed by atoms with Gasteiger partial charge in [-0.2, -0.15) is 25.7 Å². The summed E-state index contributed by atoms with van der Waals surface area (Å²) in [4.78, 5) is 59.9. The third kappa shape index (κ3) is 19.6. The van der Waals surface area contributed by atoms with E-state index >= 15 is 0 Å². The molecule has 9 aromatic carbocycles. The maximum absolute atomic E-state index is 13.7. The van der Waals surface area contributed by atoms with Crippen LogP contribution in [0.3, 0.4) is 0 Å². The third-order valence-corrected chi connectivity index (χ3v) is 21.2. The summed E-state index contributed by atoms with van der Waals surface area (Å²) in [5, 5.41) is 58.3. The van der Waals surface area contributed by atoms with E-state index in [2.05, 4.69) is 171 Å². The zero-order valence-corrected chi connectivity index (χ0v) is 66.3. The van der Waals surface area contributed by atoms with Crippen molar-refractivity contribution in [1.82, 2.24) is 70.8 Å². The number of nitriles is 1. The molecule has 0 aliphatic carbocycles. The highest BCUT2D eigenvalue weighted by atomic mass is 19.1. The van der Waals surface area contributed by atoms with Gasteiger partial charge < -0.3 is 44.1 Å². The van der Waals surface area contributed by atoms with Crippen molar-refractivity contribution in [2.24, 2.45) is 5.92 Å². The second kappa shape index (κ2) is 37.4. The van der Waals surface area contributed by atoms with Crippen molar-refractivity contribution >= 4 is 96.7 Å². The fourth-order valence-electron chi connectivity index (χ4n) is 14.7. The average molecular weight is 1590 g/mol. The van der Waals surface area contributed by atoms with Gasteiger partial charge >= 0.3 is 24.1 Å². The van der Waals surface area contributed by atoms with Crippen molar-refractivity contribution < 1.29 is 42.2 Å². The number of ether oxygens (including phenoxy) is 3. The van der Waals surface area contributed by atoms with Gasteiger partial charge in [0.15, 0.2) is 23.3 Å². The highest BCUT2D eigenvalue weighted by molar-refractivity contribution is 6.04. The van der Waals surface area contributed by atoms with E-state index in [4.69, 9.17) is 19.5 Å². The van der Waals surface area contributed by atoms with Crippen molar-refractivity contribution in [2.75, 3.05) is 99.4 Å². The van der Waals surface area contributed by atoms with Crippen LogP contribution in [0.5, 0.6) is 11.5 Å². The van der Waals surface area contributed by atoms with Crippen LogP contribution in [-0.2, 0) is 11.3 Å². The predicted octanol–water partition coefficient (Wildman–Crippen LogP) is 17.3. The van der Waals surface area contributed by atoms with E-state index in [1.165, 1.54) is 58.6 Å². The summed E-state index contributed by atoms with van der Waals surface area (Å²) in [7, 11) is 3.09. The van der Waals surface area contributed by atoms with Gasteiger partial charge in [-0.25, -0.2) is 32.9 Å². The maximum atomic E-state index is 13.7. The Labute approximate surface area is 679 Å². The van der Waals surface area contributed by atoms with Crippen LogP contribution in [0.1, 0.15) is 61.3 Å². The predicted molar refractivity (Wildman–Crippen MR) is 456 cm³/mol.